The van der Waals surface area contributed by atoms with Gasteiger partial charge < -0.3 is 15.0 Å². The first-order chi connectivity index (χ1) is 7.61. The molecule has 0 heterocycles. The van der Waals surface area contributed by atoms with Crippen molar-refractivity contribution in [1.29, 1.82) is 0 Å². The van der Waals surface area contributed by atoms with E-state index in [4.69, 9.17) is 22.6 Å². The van der Waals surface area contributed by atoms with E-state index in [0.29, 0.717) is 0 Å². The molecule has 18 heavy (non-hydrogen) atoms. The number of aromatic carboxylic acids is 2. The predicted octanol–water partition coefficient (Wildman–Crippen LogP) is -3.90. The second kappa shape index (κ2) is 8.19. The van der Waals surface area contributed by atoms with E-state index in [0.717, 1.165) is 6.07 Å². The third kappa shape index (κ3) is 10.2. The van der Waals surface area contributed by atoms with Crippen molar-refractivity contribution in [3.63, 3.8) is 0 Å². The molecule has 8 nitrogen and oxygen atoms in total. The van der Waals surface area contributed by atoms with Crippen LogP contribution in [-0.4, -0.2) is 34.6 Å². The molecule has 0 spiro atoms. The molecule has 0 aliphatic rings. The maximum absolute atomic E-state index is 10.4. The fourth-order valence-corrected chi connectivity index (χ4v) is 0.779. The summed E-state index contributed by atoms with van der Waals surface area (Å²) in [5, 5.41) is 18.7. The quantitative estimate of drug-likeness (QED) is 0.368. The molecule has 0 aliphatic carbocycles. The van der Waals surface area contributed by atoms with E-state index in [1.54, 1.807) is 0 Å². The first kappa shape index (κ1) is 19.4. The van der Waals surface area contributed by atoms with Gasteiger partial charge in [0.05, 0.1) is 11.5 Å². The van der Waals surface area contributed by atoms with Gasteiger partial charge in [-0.1, -0.05) is 12.1 Å². The summed E-state index contributed by atoms with van der Waals surface area (Å²) in [6.45, 7) is 0. The van der Waals surface area contributed by atoms with E-state index in [-0.39, 0.29) is 40.7 Å². The van der Waals surface area contributed by atoms with Gasteiger partial charge >= 0.3 is 45.9 Å². The zero-order valence-corrected chi connectivity index (χ0v) is 11.9. The summed E-state index contributed by atoms with van der Waals surface area (Å²) < 4.78 is 31.6. The third-order valence-electron chi connectivity index (χ3n) is 1.35. The van der Waals surface area contributed by atoms with Crippen LogP contribution in [0.3, 0.4) is 0 Å². The van der Waals surface area contributed by atoms with Gasteiger partial charge in [0.15, 0.2) is 0 Å². The molecule has 0 fully saturated rings. The molecule has 94 valence electrons. The van der Waals surface area contributed by atoms with Gasteiger partial charge in [0.2, 0.25) is 0 Å². The first-order valence-corrected chi connectivity index (χ1v) is 5.25. The molecule has 0 saturated carbocycles. The maximum Gasteiger partial charge on any atom is 1.00 e. The fourth-order valence-electron chi connectivity index (χ4n) is 0.779. The summed E-state index contributed by atoms with van der Waals surface area (Å²) in [5.74, 6) is -2.53. The molecule has 0 amide bonds. The Morgan fingerprint density at radius 1 is 1.11 bits per heavy atom. The average Bonchev–Trinajstić information content (AvgIpc) is 2.15. The molecular formula is C8H7NaO8S. The van der Waals surface area contributed by atoms with Crippen LogP contribution in [0.2, 0.25) is 0 Å². The zero-order valence-electron chi connectivity index (χ0n) is 9.10. The van der Waals surface area contributed by atoms with Crippen molar-refractivity contribution in [3.05, 3.63) is 35.4 Å². The van der Waals surface area contributed by atoms with Gasteiger partial charge in [-0.15, -0.1) is 0 Å². The van der Waals surface area contributed by atoms with Crippen LogP contribution in [0.15, 0.2) is 24.3 Å². The number of carbonyl (C=O) groups excluding carboxylic acids is 1. The largest absolute Gasteiger partial charge is 1.00 e. The van der Waals surface area contributed by atoms with Crippen molar-refractivity contribution >= 4 is 22.3 Å². The Kier molecular flexibility index (Phi) is 8.81. The number of benzene rings is 1. The first-order valence-electron chi connectivity index (χ1n) is 3.86. The van der Waals surface area contributed by atoms with Crippen molar-refractivity contribution < 1.29 is 66.9 Å². The van der Waals surface area contributed by atoms with Crippen LogP contribution in [0.4, 0.5) is 0 Å². The monoisotopic (exact) mass is 286 g/mol. The molecule has 3 N–H and O–H groups in total. The average molecular weight is 286 g/mol. The molecule has 0 saturated heterocycles. The van der Waals surface area contributed by atoms with Crippen molar-refractivity contribution in [3.8, 4) is 0 Å². The van der Waals surface area contributed by atoms with Crippen LogP contribution in [0.5, 0.6) is 0 Å². The number of hydrogen-bond donors (Lipinski definition) is 3. The number of rotatable bonds is 2. The van der Waals surface area contributed by atoms with E-state index < -0.39 is 22.3 Å². The topological polar surface area (TPSA) is 152 Å². The summed E-state index contributed by atoms with van der Waals surface area (Å²) >= 11 is 0. The molecule has 10 heteroatoms. The van der Waals surface area contributed by atoms with Gasteiger partial charge in [0, 0.05) is 0 Å². The van der Waals surface area contributed by atoms with Crippen molar-refractivity contribution in [2.45, 2.75) is 0 Å². The molecule has 0 aliphatic heterocycles. The van der Waals surface area contributed by atoms with Crippen LogP contribution < -0.4 is 34.7 Å². The van der Waals surface area contributed by atoms with Gasteiger partial charge in [-0.25, -0.2) is 4.79 Å². The Hall–Kier alpha value is -0.970. The van der Waals surface area contributed by atoms with Gasteiger partial charge in [-0.05, 0) is 17.7 Å². The predicted molar refractivity (Wildman–Crippen MR) is 51.9 cm³/mol. The minimum absolute atomic E-state index is 0. The van der Waals surface area contributed by atoms with E-state index in [1.807, 2.05) is 0 Å². The van der Waals surface area contributed by atoms with Gasteiger partial charge in [-0.2, -0.15) is 8.42 Å². The number of carbonyl (C=O) groups is 2. The van der Waals surface area contributed by atoms with Gasteiger partial charge in [0.25, 0.3) is 0 Å². The summed E-state index contributed by atoms with van der Waals surface area (Å²) in [6.07, 6.45) is 0. The molecule has 1 aromatic carbocycles. The normalized spacial score (nSPS) is 9.44. The zero-order chi connectivity index (χ0) is 13.6. The van der Waals surface area contributed by atoms with E-state index in [1.165, 1.54) is 18.2 Å². The maximum atomic E-state index is 10.4. The minimum atomic E-state index is -4.67. The fraction of sp³-hybridized carbons (Fsp3) is 0. The summed E-state index contributed by atoms with van der Waals surface area (Å²) in [6, 6.07) is 5.00. The van der Waals surface area contributed by atoms with Crippen LogP contribution >= 0.6 is 0 Å². The van der Waals surface area contributed by atoms with E-state index >= 15 is 0 Å². The third-order valence-corrected chi connectivity index (χ3v) is 1.35. The summed E-state index contributed by atoms with van der Waals surface area (Å²) in [7, 11) is -4.67. The Morgan fingerprint density at radius 2 is 1.50 bits per heavy atom. The van der Waals surface area contributed by atoms with Crippen LogP contribution in [-0.2, 0) is 10.4 Å². The molecule has 1 rings (SSSR count). The smallest absolute Gasteiger partial charge is 0.545 e. The number of hydrogen-bond acceptors (Lipinski definition) is 5. The Balaban J connectivity index is 0. The van der Waals surface area contributed by atoms with E-state index in [9.17, 15) is 14.7 Å². The summed E-state index contributed by atoms with van der Waals surface area (Å²) in [5.41, 5.74) is -0.188. The van der Waals surface area contributed by atoms with Crippen LogP contribution in [0, 0.1) is 0 Å². The minimum Gasteiger partial charge on any atom is -0.545 e. The number of carboxylic acid groups (broad SMARTS) is 2. The molecule has 0 radical (unpaired) electrons. The summed E-state index contributed by atoms with van der Waals surface area (Å²) in [4.78, 5) is 20.6. The second-order valence-electron chi connectivity index (χ2n) is 2.62. The molecule has 0 unspecified atom stereocenters. The van der Waals surface area contributed by atoms with Crippen molar-refractivity contribution in [2.24, 2.45) is 0 Å². The molecule has 0 bridgehead atoms. The molecule has 1 aromatic rings. The van der Waals surface area contributed by atoms with Crippen LogP contribution in [0.1, 0.15) is 20.7 Å². The van der Waals surface area contributed by atoms with Crippen LogP contribution in [0.25, 0.3) is 0 Å². The van der Waals surface area contributed by atoms with E-state index in [2.05, 4.69) is 0 Å². The SMILES string of the molecule is O=C([O-])c1cccc(C(=O)O)c1.O=S(=O)(O)O.[Na+]. The molecule has 0 atom stereocenters. The van der Waals surface area contributed by atoms with Gasteiger partial charge in [-0.3, -0.25) is 9.11 Å². The molecular weight excluding hydrogens is 279 g/mol. The second-order valence-corrected chi connectivity index (χ2v) is 3.52. The Bertz CT molecular complexity index is 486. The molecule has 0 aromatic heterocycles. The van der Waals surface area contributed by atoms with Crippen molar-refractivity contribution in [1.82, 2.24) is 0 Å². The Morgan fingerprint density at radius 3 is 1.83 bits per heavy atom. The van der Waals surface area contributed by atoms with Gasteiger partial charge in [0.1, 0.15) is 0 Å². The van der Waals surface area contributed by atoms with Crippen molar-refractivity contribution in [2.75, 3.05) is 0 Å². The Labute approximate surface area is 124 Å². The standard InChI is InChI=1S/C8H6O4.Na.H2O4S/c9-7(10)5-2-1-3-6(4-5)8(11)12;;1-5(2,3)4/h1-4H,(H,9,10)(H,11,12);;(H2,1,2,3,4)/q;+1;/p-1. The number of carboxylic acids is 2.